The van der Waals surface area contributed by atoms with Crippen LogP contribution in [0.1, 0.15) is 35.6 Å². The zero-order valence-corrected chi connectivity index (χ0v) is 13.2. The molecule has 106 valence electrons. The van der Waals surface area contributed by atoms with Crippen LogP contribution >= 0.6 is 34.7 Å². The van der Waals surface area contributed by atoms with Crippen molar-refractivity contribution in [1.29, 1.82) is 0 Å². The van der Waals surface area contributed by atoms with Crippen LogP contribution < -0.4 is 0 Å². The molecule has 0 unspecified atom stereocenters. The average Bonchev–Trinajstić information content (AvgIpc) is 2.97. The van der Waals surface area contributed by atoms with Gasteiger partial charge in [-0.25, -0.2) is 0 Å². The van der Waals surface area contributed by atoms with Gasteiger partial charge < -0.3 is 4.90 Å². The summed E-state index contributed by atoms with van der Waals surface area (Å²) in [4.78, 5) is 14.3. The highest BCUT2D eigenvalue weighted by Gasteiger charge is 2.37. The van der Waals surface area contributed by atoms with E-state index in [1.165, 1.54) is 0 Å². The zero-order valence-electron chi connectivity index (χ0n) is 10.9. The minimum Gasteiger partial charge on any atom is -0.332 e. The number of hydrogen-bond donors (Lipinski definition) is 1. The molecule has 0 fully saturated rings. The highest BCUT2D eigenvalue weighted by Crippen LogP contribution is 2.34. The number of fused-ring (bicyclic) bond motifs is 1. The second-order valence-corrected chi connectivity index (χ2v) is 7.19. The summed E-state index contributed by atoms with van der Waals surface area (Å²) in [5.41, 5.74) is 2.13. The lowest BCUT2D eigenvalue weighted by atomic mass is 9.83. The van der Waals surface area contributed by atoms with E-state index in [4.69, 9.17) is 23.2 Å². The van der Waals surface area contributed by atoms with E-state index < -0.39 is 0 Å². The fourth-order valence-corrected chi connectivity index (χ4v) is 3.51. The lowest BCUT2D eigenvalue weighted by Crippen LogP contribution is -2.45. The Balaban J connectivity index is 1.94. The predicted molar refractivity (Wildman–Crippen MR) is 78.5 cm³/mol. The van der Waals surface area contributed by atoms with Crippen LogP contribution in [0.5, 0.6) is 0 Å². The Hall–Kier alpha value is -1.11. The lowest BCUT2D eigenvalue weighted by Gasteiger charge is -2.37. The second kappa shape index (κ2) is 4.72. The van der Waals surface area contributed by atoms with Gasteiger partial charge in [-0.05, 0) is 11.5 Å². The van der Waals surface area contributed by atoms with Gasteiger partial charge in [0.05, 0.1) is 6.20 Å². The molecule has 1 N–H and O–H groups in total. The lowest BCUT2D eigenvalue weighted by molar-refractivity contribution is 0.0680. The third-order valence-electron chi connectivity index (χ3n) is 3.43. The Morgan fingerprint density at radius 3 is 2.90 bits per heavy atom. The Morgan fingerprint density at radius 2 is 2.25 bits per heavy atom. The summed E-state index contributed by atoms with van der Waals surface area (Å²) in [5, 5.41) is 7.31. The molecular weight excluding hydrogens is 319 g/mol. The van der Waals surface area contributed by atoms with Crippen LogP contribution in [-0.2, 0) is 12.0 Å². The first-order valence-corrected chi connectivity index (χ1v) is 7.56. The maximum Gasteiger partial charge on any atom is 0.275 e. The topological polar surface area (TPSA) is 61.9 Å². The Kier molecular flexibility index (Phi) is 3.27. The first-order chi connectivity index (χ1) is 9.40. The molecule has 1 aliphatic rings. The molecule has 0 spiro atoms. The van der Waals surface area contributed by atoms with Crippen LogP contribution in [0.4, 0.5) is 0 Å². The highest BCUT2D eigenvalue weighted by atomic mass is 35.5. The van der Waals surface area contributed by atoms with Crippen molar-refractivity contribution in [2.75, 3.05) is 6.54 Å². The van der Waals surface area contributed by atoms with E-state index in [1.54, 1.807) is 11.1 Å². The van der Waals surface area contributed by atoms with Crippen LogP contribution in [-0.4, -0.2) is 31.9 Å². The van der Waals surface area contributed by atoms with E-state index in [-0.39, 0.29) is 22.0 Å². The van der Waals surface area contributed by atoms with Crippen LogP contribution in [0.25, 0.3) is 0 Å². The van der Waals surface area contributed by atoms with Crippen molar-refractivity contribution < 1.29 is 4.79 Å². The molecule has 0 aliphatic carbocycles. The number of carbonyl (C=O) groups is 1. The van der Waals surface area contributed by atoms with Gasteiger partial charge in [0.25, 0.3) is 5.91 Å². The fourth-order valence-electron chi connectivity index (χ4n) is 2.52. The standard InChI is InChI=1S/C12H12Cl2N4OS/c1-12(2)5-18(4-6-3-15-16-9(6)12)11(19)8-7(13)10(14)20-17-8/h3H,4-5H2,1-2H3,(H,15,16). The van der Waals surface area contributed by atoms with Gasteiger partial charge in [-0.2, -0.15) is 9.47 Å². The number of aromatic amines is 1. The molecule has 0 bridgehead atoms. The van der Waals surface area contributed by atoms with Crippen LogP contribution in [0.2, 0.25) is 9.36 Å². The molecule has 0 radical (unpaired) electrons. The first-order valence-electron chi connectivity index (χ1n) is 6.03. The first kappa shape index (κ1) is 13.9. The molecule has 20 heavy (non-hydrogen) atoms. The monoisotopic (exact) mass is 330 g/mol. The summed E-state index contributed by atoms with van der Waals surface area (Å²) in [6, 6.07) is 0. The van der Waals surface area contributed by atoms with Gasteiger partial charge >= 0.3 is 0 Å². The highest BCUT2D eigenvalue weighted by molar-refractivity contribution is 7.11. The van der Waals surface area contributed by atoms with Gasteiger partial charge in [0.1, 0.15) is 9.36 Å². The number of halogens is 2. The van der Waals surface area contributed by atoms with Gasteiger partial charge in [0.2, 0.25) is 0 Å². The minimum absolute atomic E-state index is 0.188. The van der Waals surface area contributed by atoms with Crippen molar-refractivity contribution in [3.05, 3.63) is 32.5 Å². The molecule has 0 saturated heterocycles. The van der Waals surface area contributed by atoms with E-state index in [9.17, 15) is 4.79 Å². The molecule has 8 heteroatoms. The number of nitrogens with one attached hydrogen (secondary N) is 1. The van der Waals surface area contributed by atoms with Crippen LogP contribution in [0.15, 0.2) is 6.20 Å². The average molecular weight is 331 g/mol. The largest absolute Gasteiger partial charge is 0.332 e. The fraction of sp³-hybridized carbons (Fsp3) is 0.417. The molecule has 0 aromatic carbocycles. The molecule has 1 amide bonds. The van der Waals surface area contributed by atoms with Crippen LogP contribution in [0, 0.1) is 0 Å². The van der Waals surface area contributed by atoms with E-state index in [0.717, 1.165) is 22.8 Å². The van der Waals surface area contributed by atoms with Crippen molar-refractivity contribution in [3.8, 4) is 0 Å². The second-order valence-electron chi connectivity index (χ2n) is 5.43. The number of H-pyrrole nitrogens is 1. The van der Waals surface area contributed by atoms with Gasteiger partial charge in [0.15, 0.2) is 5.69 Å². The smallest absolute Gasteiger partial charge is 0.275 e. The third kappa shape index (κ3) is 2.12. The van der Waals surface area contributed by atoms with Crippen molar-refractivity contribution in [2.24, 2.45) is 0 Å². The van der Waals surface area contributed by atoms with Gasteiger partial charge in [-0.15, -0.1) is 0 Å². The summed E-state index contributed by atoms with van der Waals surface area (Å²) in [6.45, 7) is 5.21. The maximum absolute atomic E-state index is 12.5. The van der Waals surface area contributed by atoms with Gasteiger partial charge in [0, 0.05) is 29.8 Å². The van der Waals surface area contributed by atoms with Crippen molar-refractivity contribution in [2.45, 2.75) is 25.8 Å². The maximum atomic E-state index is 12.5. The molecule has 2 aromatic rings. The van der Waals surface area contributed by atoms with E-state index >= 15 is 0 Å². The summed E-state index contributed by atoms with van der Waals surface area (Å²) in [7, 11) is 0. The Labute approximate surface area is 130 Å². The molecule has 3 heterocycles. The van der Waals surface area contributed by atoms with E-state index in [2.05, 4.69) is 28.4 Å². The summed E-state index contributed by atoms with van der Waals surface area (Å²) >= 11 is 12.9. The van der Waals surface area contributed by atoms with Gasteiger partial charge in [-0.1, -0.05) is 37.0 Å². The Morgan fingerprint density at radius 1 is 1.50 bits per heavy atom. The quantitative estimate of drug-likeness (QED) is 0.873. The van der Waals surface area contributed by atoms with Crippen LogP contribution in [0.3, 0.4) is 0 Å². The van der Waals surface area contributed by atoms with Crippen molar-refractivity contribution >= 4 is 40.6 Å². The molecule has 2 aromatic heterocycles. The van der Waals surface area contributed by atoms with Crippen molar-refractivity contribution in [1.82, 2.24) is 19.5 Å². The number of carbonyl (C=O) groups excluding carboxylic acids is 1. The minimum atomic E-state index is -0.196. The molecule has 0 atom stereocenters. The molecular formula is C12H12Cl2N4OS. The number of rotatable bonds is 1. The predicted octanol–water partition coefficient (Wildman–Crippen LogP) is 3.11. The zero-order chi connectivity index (χ0) is 14.5. The molecule has 3 rings (SSSR count). The van der Waals surface area contributed by atoms with Crippen molar-refractivity contribution in [3.63, 3.8) is 0 Å². The molecule has 1 aliphatic heterocycles. The number of nitrogens with zero attached hydrogens (tertiary/aromatic N) is 3. The SMILES string of the molecule is CC1(C)CN(C(=O)c2nsc(Cl)c2Cl)Cc2cn[nH]c21. The third-order valence-corrected chi connectivity index (χ3v) is 5.04. The molecule has 0 saturated carbocycles. The van der Waals surface area contributed by atoms with Gasteiger partial charge in [-0.3, -0.25) is 9.89 Å². The summed E-state index contributed by atoms with van der Waals surface area (Å²) in [5.74, 6) is -0.196. The molecule has 5 nitrogen and oxygen atoms in total. The number of hydrogen-bond acceptors (Lipinski definition) is 4. The Bertz CT molecular complexity index is 679. The summed E-state index contributed by atoms with van der Waals surface area (Å²) < 4.78 is 4.39. The number of amides is 1. The summed E-state index contributed by atoms with van der Waals surface area (Å²) in [6.07, 6.45) is 1.76. The number of aromatic nitrogens is 3. The normalized spacial score (nSPS) is 17.1. The van der Waals surface area contributed by atoms with E-state index in [1.807, 2.05) is 0 Å². The van der Waals surface area contributed by atoms with E-state index in [0.29, 0.717) is 17.4 Å².